The van der Waals surface area contributed by atoms with Gasteiger partial charge in [-0.2, -0.15) is 5.26 Å². The number of nitrogens with two attached hydrogens (primary N) is 1. The van der Waals surface area contributed by atoms with Crippen LogP contribution in [0.3, 0.4) is 0 Å². The number of piperidine rings is 1. The van der Waals surface area contributed by atoms with Gasteiger partial charge in [0, 0.05) is 23.7 Å². The molecule has 2 aromatic rings. The average Bonchev–Trinajstić information content (AvgIpc) is 2.62. The fourth-order valence-electron chi connectivity index (χ4n) is 3.11. The predicted molar refractivity (Wildman–Crippen MR) is 101 cm³/mol. The molecule has 0 atom stereocenters. The maximum Gasteiger partial charge on any atom is 0.258 e. The second-order valence-electron chi connectivity index (χ2n) is 5.96. The van der Waals surface area contributed by atoms with Crippen LogP contribution in [0.1, 0.15) is 35.2 Å². The van der Waals surface area contributed by atoms with Crippen molar-refractivity contribution in [1.29, 1.82) is 5.26 Å². The highest BCUT2D eigenvalue weighted by Gasteiger charge is 2.26. The van der Waals surface area contributed by atoms with Gasteiger partial charge in [-0.05, 0) is 37.0 Å². The Morgan fingerprint density at radius 2 is 1.88 bits per heavy atom. The molecule has 25 heavy (non-hydrogen) atoms. The summed E-state index contributed by atoms with van der Waals surface area (Å²) in [6, 6.07) is 9.06. The number of halogens is 1. The van der Waals surface area contributed by atoms with Crippen LogP contribution in [-0.2, 0) is 0 Å². The molecule has 5 nitrogen and oxygen atoms in total. The summed E-state index contributed by atoms with van der Waals surface area (Å²) < 4.78 is 0.222. The SMILES string of the molecule is N#Cc1c(-c2ccc(Cl)cc2)c(C(=O)N2CCCCC2)c(N)[nH]c1=S. The second-order valence-corrected chi connectivity index (χ2v) is 6.81. The molecule has 1 fully saturated rings. The molecule has 0 bridgehead atoms. The van der Waals surface area contributed by atoms with Gasteiger partial charge in [-0.15, -0.1) is 0 Å². The van der Waals surface area contributed by atoms with Crippen molar-refractivity contribution in [2.45, 2.75) is 19.3 Å². The number of carbonyl (C=O) groups is 1. The minimum Gasteiger partial charge on any atom is -0.385 e. The minimum atomic E-state index is -0.176. The summed E-state index contributed by atoms with van der Waals surface area (Å²) in [6.07, 6.45) is 3.05. The van der Waals surface area contributed by atoms with Crippen LogP contribution in [0.25, 0.3) is 11.1 Å². The molecule has 0 saturated carbocycles. The number of carbonyl (C=O) groups excluding carboxylic acids is 1. The summed E-state index contributed by atoms with van der Waals surface area (Å²) in [5, 5.41) is 10.2. The number of rotatable bonds is 2. The van der Waals surface area contributed by atoms with E-state index in [1.807, 2.05) is 0 Å². The zero-order chi connectivity index (χ0) is 18.0. The Labute approximate surface area is 156 Å². The summed E-state index contributed by atoms with van der Waals surface area (Å²) in [7, 11) is 0. The van der Waals surface area contributed by atoms with Gasteiger partial charge in [0.1, 0.15) is 16.5 Å². The van der Waals surface area contributed by atoms with E-state index >= 15 is 0 Å². The van der Waals surface area contributed by atoms with Crippen molar-refractivity contribution in [3.8, 4) is 17.2 Å². The number of hydrogen-bond donors (Lipinski definition) is 2. The predicted octanol–water partition coefficient (Wildman–Crippen LogP) is 4.14. The van der Waals surface area contributed by atoms with Gasteiger partial charge in [0.2, 0.25) is 0 Å². The number of H-pyrrole nitrogens is 1. The number of aromatic amines is 1. The fourth-order valence-corrected chi connectivity index (χ4v) is 3.49. The summed E-state index contributed by atoms with van der Waals surface area (Å²) >= 11 is 11.2. The Hall–Kier alpha value is -2.36. The zero-order valence-corrected chi connectivity index (χ0v) is 15.1. The Bertz CT molecular complexity index is 908. The van der Waals surface area contributed by atoms with E-state index in [1.54, 1.807) is 29.2 Å². The van der Waals surface area contributed by atoms with E-state index in [0.29, 0.717) is 34.8 Å². The van der Waals surface area contributed by atoms with Gasteiger partial charge < -0.3 is 15.6 Å². The Kier molecular flexibility index (Phi) is 5.07. The highest BCUT2D eigenvalue weighted by Crippen LogP contribution is 2.33. The lowest BCUT2D eigenvalue weighted by atomic mass is 9.95. The van der Waals surface area contributed by atoms with E-state index in [0.717, 1.165) is 19.3 Å². The van der Waals surface area contributed by atoms with E-state index in [-0.39, 0.29) is 21.9 Å². The number of nitrogen functional groups attached to an aromatic ring is 1. The maximum absolute atomic E-state index is 13.1. The Balaban J connectivity index is 2.23. The van der Waals surface area contributed by atoms with Crippen molar-refractivity contribution >= 4 is 35.5 Å². The van der Waals surface area contributed by atoms with Crippen molar-refractivity contribution in [3.63, 3.8) is 0 Å². The highest BCUT2D eigenvalue weighted by molar-refractivity contribution is 7.71. The molecule has 1 amide bonds. The Morgan fingerprint density at radius 3 is 2.48 bits per heavy atom. The molecule has 3 N–H and O–H groups in total. The molecule has 7 heteroatoms. The Morgan fingerprint density at radius 1 is 1.24 bits per heavy atom. The number of aromatic nitrogens is 1. The van der Waals surface area contributed by atoms with Gasteiger partial charge in [-0.25, -0.2) is 0 Å². The number of benzene rings is 1. The van der Waals surface area contributed by atoms with Crippen molar-refractivity contribution < 1.29 is 4.79 Å². The summed E-state index contributed by atoms with van der Waals surface area (Å²) in [5.74, 6) is 0.00873. The van der Waals surface area contributed by atoms with Crippen LogP contribution >= 0.6 is 23.8 Å². The number of pyridine rings is 1. The van der Waals surface area contributed by atoms with E-state index in [2.05, 4.69) is 11.1 Å². The third-order valence-corrected chi connectivity index (χ3v) is 4.90. The first-order chi connectivity index (χ1) is 12.0. The van der Waals surface area contributed by atoms with Gasteiger partial charge >= 0.3 is 0 Å². The van der Waals surface area contributed by atoms with Gasteiger partial charge in [-0.1, -0.05) is 36.0 Å². The van der Waals surface area contributed by atoms with E-state index in [9.17, 15) is 10.1 Å². The standard InChI is InChI=1S/C18H17ClN4OS/c19-12-6-4-11(5-7-12)14-13(10-20)17(25)22-16(21)15(14)18(24)23-8-2-1-3-9-23/h4-7H,1-3,8-9H2,(H3,21,22,25). The lowest BCUT2D eigenvalue weighted by Gasteiger charge is -2.28. The molecule has 0 spiro atoms. The monoisotopic (exact) mass is 372 g/mol. The van der Waals surface area contributed by atoms with Crippen molar-refractivity contribution in [2.75, 3.05) is 18.8 Å². The number of hydrogen-bond acceptors (Lipinski definition) is 4. The van der Waals surface area contributed by atoms with Crippen molar-refractivity contribution in [3.05, 3.63) is 45.1 Å². The largest absolute Gasteiger partial charge is 0.385 e. The lowest BCUT2D eigenvalue weighted by molar-refractivity contribution is 0.0726. The molecule has 2 heterocycles. The van der Waals surface area contributed by atoms with Gasteiger partial charge in [-0.3, -0.25) is 4.79 Å². The van der Waals surface area contributed by atoms with E-state index in [1.165, 1.54) is 0 Å². The molecular formula is C18H17ClN4OS. The third-order valence-electron chi connectivity index (χ3n) is 4.35. The first-order valence-electron chi connectivity index (χ1n) is 8.04. The zero-order valence-electron chi connectivity index (χ0n) is 13.5. The molecule has 128 valence electrons. The fraction of sp³-hybridized carbons (Fsp3) is 0.278. The van der Waals surface area contributed by atoms with Crippen molar-refractivity contribution in [2.24, 2.45) is 0 Å². The third kappa shape index (κ3) is 3.39. The second kappa shape index (κ2) is 7.26. The summed E-state index contributed by atoms with van der Waals surface area (Å²) in [4.78, 5) is 17.7. The summed E-state index contributed by atoms with van der Waals surface area (Å²) in [6.45, 7) is 1.38. The molecule has 0 radical (unpaired) electrons. The first kappa shape index (κ1) is 17.5. The minimum absolute atomic E-state index is 0.176. The molecule has 3 rings (SSSR count). The maximum atomic E-state index is 13.1. The normalized spacial score (nSPS) is 14.2. The molecule has 1 aliphatic rings. The number of likely N-dealkylation sites (tertiary alicyclic amines) is 1. The van der Waals surface area contributed by atoms with Gasteiger partial charge in [0.25, 0.3) is 5.91 Å². The molecule has 1 aliphatic heterocycles. The topological polar surface area (TPSA) is 85.9 Å². The summed E-state index contributed by atoms with van der Waals surface area (Å²) in [5.41, 5.74) is 7.81. The lowest BCUT2D eigenvalue weighted by Crippen LogP contribution is -2.36. The average molecular weight is 373 g/mol. The van der Waals surface area contributed by atoms with Crippen molar-refractivity contribution in [1.82, 2.24) is 9.88 Å². The molecular weight excluding hydrogens is 356 g/mol. The number of nitrogens with one attached hydrogen (secondary N) is 1. The number of anilines is 1. The molecule has 0 unspecified atom stereocenters. The number of amides is 1. The van der Waals surface area contributed by atoms with Crippen LogP contribution in [0.2, 0.25) is 5.02 Å². The van der Waals surface area contributed by atoms with Crippen LogP contribution in [0.15, 0.2) is 24.3 Å². The number of nitriles is 1. The van der Waals surface area contributed by atoms with Crippen LogP contribution in [0.4, 0.5) is 5.82 Å². The van der Waals surface area contributed by atoms with E-state index < -0.39 is 0 Å². The molecule has 1 aromatic carbocycles. The molecule has 1 saturated heterocycles. The first-order valence-corrected chi connectivity index (χ1v) is 8.82. The van der Waals surface area contributed by atoms with Gasteiger partial charge in [0.15, 0.2) is 0 Å². The van der Waals surface area contributed by atoms with E-state index in [4.69, 9.17) is 29.6 Å². The van der Waals surface area contributed by atoms with Crippen LogP contribution < -0.4 is 5.73 Å². The molecule has 0 aliphatic carbocycles. The molecule has 1 aromatic heterocycles. The van der Waals surface area contributed by atoms with Crippen LogP contribution in [-0.4, -0.2) is 28.9 Å². The highest BCUT2D eigenvalue weighted by atomic mass is 35.5. The van der Waals surface area contributed by atoms with Crippen LogP contribution in [0, 0.1) is 16.0 Å². The quantitative estimate of drug-likeness (QED) is 0.775. The smallest absolute Gasteiger partial charge is 0.258 e. The van der Waals surface area contributed by atoms with Gasteiger partial charge in [0.05, 0.1) is 11.1 Å². The van der Waals surface area contributed by atoms with Crippen LogP contribution in [0.5, 0.6) is 0 Å². The number of nitrogens with zero attached hydrogens (tertiary/aromatic N) is 2.